The van der Waals surface area contributed by atoms with Crippen molar-refractivity contribution < 1.29 is 14.7 Å². The third-order valence-electron chi connectivity index (χ3n) is 3.87. The number of rotatable bonds is 6. The molecule has 1 heterocycles. The molecule has 2 amide bonds. The molecular weight excluding hydrogens is 258 g/mol. The van der Waals surface area contributed by atoms with Gasteiger partial charge in [-0.15, -0.1) is 0 Å². The molecule has 0 aromatic heterocycles. The van der Waals surface area contributed by atoms with Crippen LogP contribution in [0, 0.1) is 5.92 Å². The van der Waals surface area contributed by atoms with E-state index in [4.69, 9.17) is 5.11 Å². The Hall–Kier alpha value is -1.30. The minimum Gasteiger partial charge on any atom is -0.480 e. The highest BCUT2D eigenvalue weighted by molar-refractivity contribution is 5.82. The van der Waals surface area contributed by atoms with Gasteiger partial charge < -0.3 is 20.6 Å². The van der Waals surface area contributed by atoms with Gasteiger partial charge in [0.05, 0.1) is 0 Å². The summed E-state index contributed by atoms with van der Waals surface area (Å²) in [7, 11) is 2.07. The summed E-state index contributed by atoms with van der Waals surface area (Å²) >= 11 is 0. The number of hydrogen-bond acceptors (Lipinski definition) is 3. The summed E-state index contributed by atoms with van der Waals surface area (Å²) < 4.78 is 0. The normalized spacial score (nSPS) is 24.9. The van der Waals surface area contributed by atoms with Gasteiger partial charge in [0.1, 0.15) is 6.04 Å². The van der Waals surface area contributed by atoms with Crippen LogP contribution in [-0.2, 0) is 4.79 Å². The van der Waals surface area contributed by atoms with E-state index >= 15 is 0 Å². The maximum Gasteiger partial charge on any atom is 0.326 e. The number of nitrogens with one attached hydrogen (secondary N) is 2. The lowest BCUT2D eigenvalue weighted by Crippen LogP contribution is -2.54. The average Bonchev–Trinajstić information content (AvgIpc) is 2.37. The number of urea groups is 1. The first kappa shape index (κ1) is 16.8. The molecule has 6 nitrogen and oxygen atoms in total. The molecule has 0 radical (unpaired) electrons. The molecular formula is C14H27N3O3. The first-order chi connectivity index (χ1) is 9.43. The molecule has 3 atom stereocenters. The van der Waals surface area contributed by atoms with Crippen LogP contribution in [0.15, 0.2) is 0 Å². The molecule has 1 rings (SSSR count). The molecule has 0 aromatic carbocycles. The number of carbonyl (C=O) groups excluding carboxylic acids is 1. The fourth-order valence-corrected chi connectivity index (χ4v) is 2.60. The molecule has 0 spiro atoms. The average molecular weight is 285 g/mol. The van der Waals surface area contributed by atoms with Gasteiger partial charge in [-0.25, -0.2) is 9.59 Å². The van der Waals surface area contributed by atoms with E-state index < -0.39 is 12.0 Å². The maximum absolute atomic E-state index is 11.9. The topological polar surface area (TPSA) is 81.7 Å². The van der Waals surface area contributed by atoms with Crippen LogP contribution in [0.4, 0.5) is 4.79 Å². The number of carbonyl (C=O) groups is 2. The molecule has 0 bridgehead atoms. The number of likely N-dealkylation sites (tertiary alicyclic amines) is 1. The monoisotopic (exact) mass is 285 g/mol. The van der Waals surface area contributed by atoms with Crippen molar-refractivity contribution in [3.05, 3.63) is 0 Å². The van der Waals surface area contributed by atoms with E-state index in [9.17, 15) is 9.59 Å². The lowest BCUT2D eigenvalue weighted by atomic mass is 9.94. The van der Waals surface area contributed by atoms with Crippen molar-refractivity contribution in [2.24, 2.45) is 5.92 Å². The summed E-state index contributed by atoms with van der Waals surface area (Å²) in [5.74, 6) is -0.594. The first-order valence-electron chi connectivity index (χ1n) is 7.42. The minimum absolute atomic E-state index is 0.117. The smallest absolute Gasteiger partial charge is 0.326 e. The zero-order valence-electron chi connectivity index (χ0n) is 12.7. The van der Waals surface area contributed by atoms with Crippen molar-refractivity contribution >= 4 is 12.0 Å². The fraction of sp³-hybridized carbons (Fsp3) is 0.857. The molecule has 1 saturated heterocycles. The van der Waals surface area contributed by atoms with Crippen molar-refractivity contribution in [3.63, 3.8) is 0 Å². The summed E-state index contributed by atoms with van der Waals surface area (Å²) in [5, 5.41) is 14.6. The van der Waals surface area contributed by atoms with Gasteiger partial charge >= 0.3 is 12.0 Å². The number of unbranched alkanes of at least 4 members (excludes halogenated alkanes) is 1. The van der Waals surface area contributed by atoms with E-state index in [0.717, 1.165) is 32.4 Å². The van der Waals surface area contributed by atoms with Gasteiger partial charge in [0.2, 0.25) is 0 Å². The number of nitrogens with zero attached hydrogens (tertiary/aromatic N) is 1. The second-order valence-corrected chi connectivity index (χ2v) is 5.79. The van der Waals surface area contributed by atoms with Crippen LogP contribution in [0.3, 0.4) is 0 Å². The van der Waals surface area contributed by atoms with Crippen molar-refractivity contribution in [3.8, 4) is 0 Å². The number of piperidine rings is 1. The Bertz CT molecular complexity index is 336. The van der Waals surface area contributed by atoms with Crippen LogP contribution in [-0.4, -0.2) is 54.2 Å². The molecule has 0 saturated carbocycles. The lowest BCUT2D eigenvalue weighted by molar-refractivity contribution is -0.139. The molecule has 1 fully saturated rings. The van der Waals surface area contributed by atoms with Crippen LogP contribution in [0.1, 0.15) is 39.5 Å². The third kappa shape index (κ3) is 5.36. The Morgan fingerprint density at radius 3 is 2.70 bits per heavy atom. The molecule has 116 valence electrons. The highest BCUT2D eigenvalue weighted by Gasteiger charge is 2.27. The molecule has 1 aliphatic heterocycles. The Kier molecular flexibility index (Phi) is 6.78. The van der Waals surface area contributed by atoms with Crippen LogP contribution in [0.25, 0.3) is 0 Å². The van der Waals surface area contributed by atoms with Crippen LogP contribution in [0.2, 0.25) is 0 Å². The van der Waals surface area contributed by atoms with Gasteiger partial charge in [0.15, 0.2) is 0 Å². The predicted octanol–water partition coefficient (Wildman–Crippen LogP) is 1.27. The first-order valence-corrected chi connectivity index (χ1v) is 7.42. The zero-order valence-corrected chi connectivity index (χ0v) is 12.7. The third-order valence-corrected chi connectivity index (χ3v) is 3.87. The minimum atomic E-state index is -0.968. The van der Waals surface area contributed by atoms with Gasteiger partial charge in [-0.1, -0.05) is 26.7 Å². The molecule has 20 heavy (non-hydrogen) atoms. The SMILES string of the molecule is CCCC[C@H](NC(=O)NC1CCN(C)CC1C)C(=O)O. The number of carboxylic acid groups (broad SMARTS) is 1. The summed E-state index contributed by atoms with van der Waals surface area (Å²) in [4.78, 5) is 25.2. The largest absolute Gasteiger partial charge is 0.480 e. The van der Waals surface area contributed by atoms with Crippen molar-refractivity contribution in [2.45, 2.75) is 51.6 Å². The van der Waals surface area contributed by atoms with Gasteiger partial charge in [-0.05, 0) is 32.4 Å². The zero-order chi connectivity index (χ0) is 15.1. The van der Waals surface area contributed by atoms with E-state index in [-0.39, 0.29) is 12.1 Å². The Balaban J connectivity index is 2.43. The van der Waals surface area contributed by atoms with E-state index in [1.807, 2.05) is 6.92 Å². The standard InChI is InChI=1S/C14H27N3O3/c1-4-5-6-12(13(18)19)16-14(20)15-11-7-8-17(3)9-10(11)2/h10-12H,4-9H2,1-3H3,(H,18,19)(H2,15,16,20)/t10?,11?,12-/m0/s1. The number of amides is 2. The van der Waals surface area contributed by atoms with Gasteiger partial charge in [0.25, 0.3) is 0 Å². The van der Waals surface area contributed by atoms with Crippen LogP contribution in [0.5, 0.6) is 0 Å². The van der Waals surface area contributed by atoms with Crippen molar-refractivity contribution in [2.75, 3.05) is 20.1 Å². The van der Waals surface area contributed by atoms with Crippen LogP contribution < -0.4 is 10.6 Å². The second kappa shape index (κ2) is 8.09. The molecule has 1 aliphatic rings. The fourth-order valence-electron chi connectivity index (χ4n) is 2.60. The van der Waals surface area contributed by atoms with E-state index in [1.165, 1.54) is 0 Å². The summed E-state index contributed by atoms with van der Waals surface area (Å²) in [5.41, 5.74) is 0. The van der Waals surface area contributed by atoms with Gasteiger partial charge in [0, 0.05) is 12.6 Å². The highest BCUT2D eigenvalue weighted by Crippen LogP contribution is 2.15. The van der Waals surface area contributed by atoms with Crippen molar-refractivity contribution in [1.29, 1.82) is 0 Å². The Labute approximate surface area is 120 Å². The van der Waals surface area contributed by atoms with E-state index in [0.29, 0.717) is 12.3 Å². The van der Waals surface area contributed by atoms with E-state index in [2.05, 4.69) is 29.5 Å². The number of carboxylic acids is 1. The number of aliphatic carboxylic acids is 1. The molecule has 2 unspecified atom stereocenters. The van der Waals surface area contributed by atoms with Gasteiger partial charge in [-0.3, -0.25) is 0 Å². The quantitative estimate of drug-likeness (QED) is 0.686. The Morgan fingerprint density at radius 2 is 2.15 bits per heavy atom. The Morgan fingerprint density at radius 1 is 1.45 bits per heavy atom. The van der Waals surface area contributed by atoms with Crippen LogP contribution >= 0.6 is 0 Å². The molecule has 3 N–H and O–H groups in total. The second-order valence-electron chi connectivity index (χ2n) is 5.79. The van der Waals surface area contributed by atoms with Gasteiger partial charge in [-0.2, -0.15) is 0 Å². The predicted molar refractivity (Wildman–Crippen MR) is 77.7 cm³/mol. The molecule has 6 heteroatoms. The van der Waals surface area contributed by atoms with Crippen molar-refractivity contribution in [1.82, 2.24) is 15.5 Å². The highest BCUT2D eigenvalue weighted by atomic mass is 16.4. The number of hydrogen-bond donors (Lipinski definition) is 3. The summed E-state index contributed by atoms with van der Waals surface area (Å²) in [6, 6.07) is -1.04. The summed E-state index contributed by atoms with van der Waals surface area (Å²) in [6.07, 6.45) is 3.08. The maximum atomic E-state index is 11.9. The molecule has 0 aromatic rings. The molecule has 0 aliphatic carbocycles. The lowest BCUT2D eigenvalue weighted by Gasteiger charge is -2.35. The van der Waals surface area contributed by atoms with E-state index in [1.54, 1.807) is 0 Å². The summed E-state index contributed by atoms with van der Waals surface area (Å²) in [6.45, 7) is 6.00.